The van der Waals surface area contributed by atoms with E-state index in [-0.39, 0.29) is 5.91 Å². The number of amides is 1. The van der Waals surface area contributed by atoms with Gasteiger partial charge in [-0.1, -0.05) is 31.2 Å². The van der Waals surface area contributed by atoms with Crippen LogP contribution < -0.4 is 5.73 Å². The number of carbonyl (C=O) groups excluding carboxylic acids is 1. The molecule has 0 bridgehead atoms. The van der Waals surface area contributed by atoms with Gasteiger partial charge >= 0.3 is 0 Å². The van der Waals surface area contributed by atoms with Gasteiger partial charge in [-0.15, -0.1) is 0 Å². The summed E-state index contributed by atoms with van der Waals surface area (Å²) in [5.41, 5.74) is 8.04. The molecule has 0 heterocycles. The number of rotatable bonds is 8. The fourth-order valence-electron chi connectivity index (χ4n) is 2.05. The van der Waals surface area contributed by atoms with E-state index < -0.39 is 0 Å². The van der Waals surface area contributed by atoms with Crippen molar-refractivity contribution in [3.8, 4) is 0 Å². The molecule has 0 aliphatic carbocycles. The maximum atomic E-state index is 12.0. The Kier molecular flexibility index (Phi) is 7.26. The normalized spacial score (nSPS) is 10.8. The Balaban J connectivity index is 2.41. The van der Waals surface area contributed by atoms with Gasteiger partial charge < -0.3 is 10.6 Å². The van der Waals surface area contributed by atoms with E-state index in [0.717, 1.165) is 25.9 Å². The van der Waals surface area contributed by atoms with Crippen LogP contribution in [0.2, 0.25) is 0 Å². The molecule has 0 saturated carbocycles. The molecule has 0 aliphatic heterocycles. The molecule has 0 spiro atoms. The van der Waals surface area contributed by atoms with Crippen LogP contribution in [-0.2, 0) is 17.8 Å². The summed E-state index contributed by atoms with van der Waals surface area (Å²) in [7, 11) is 3.81. The molecule has 0 fully saturated rings. The van der Waals surface area contributed by atoms with Crippen molar-refractivity contribution in [2.45, 2.75) is 26.3 Å². The van der Waals surface area contributed by atoms with Gasteiger partial charge in [-0.25, -0.2) is 0 Å². The van der Waals surface area contributed by atoms with Crippen molar-refractivity contribution >= 4 is 5.91 Å². The summed E-state index contributed by atoms with van der Waals surface area (Å²) in [5.74, 6) is 0.145. The topological polar surface area (TPSA) is 49.6 Å². The van der Waals surface area contributed by atoms with Gasteiger partial charge in [0.25, 0.3) is 0 Å². The van der Waals surface area contributed by atoms with Crippen molar-refractivity contribution in [3.05, 3.63) is 35.4 Å². The Morgan fingerprint density at radius 3 is 2.30 bits per heavy atom. The number of hydrogen-bond acceptors (Lipinski definition) is 3. The smallest absolute Gasteiger partial charge is 0.236 e. The van der Waals surface area contributed by atoms with Gasteiger partial charge in [-0.2, -0.15) is 0 Å². The first-order chi connectivity index (χ1) is 9.56. The molecule has 0 saturated heterocycles. The SMILES string of the molecule is CCc1ccc(CN(C)CC(=O)N(C)CCCN)cc1. The zero-order valence-electron chi connectivity index (χ0n) is 12.9. The lowest BCUT2D eigenvalue weighted by Crippen LogP contribution is -2.37. The highest BCUT2D eigenvalue weighted by atomic mass is 16.2. The van der Waals surface area contributed by atoms with Crippen LogP contribution in [0.4, 0.5) is 0 Å². The number of hydrogen-bond donors (Lipinski definition) is 1. The minimum absolute atomic E-state index is 0.145. The second-order valence-corrected chi connectivity index (χ2v) is 5.30. The first-order valence-corrected chi connectivity index (χ1v) is 7.27. The van der Waals surface area contributed by atoms with Crippen LogP contribution >= 0.6 is 0 Å². The molecule has 1 rings (SSSR count). The van der Waals surface area contributed by atoms with Gasteiger partial charge in [0.05, 0.1) is 6.54 Å². The van der Waals surface area contributed by atoms with Crippen molar-refractivity contribution in [1.29, 1.82) is 0 Å². The molecule has 112 valence electrons. The van der Waals surface area contributed by atoms with Gasteiger partial charge in [0, 0.05) is 20.1 Å². The summed E-state index contributed by atoms with van der Waals surface area (Å²) < 4.78 is 0. The van der Waals surface area contributed by atoms with E-state index in [1.807, 2.05) is 19.0 Å². The summed E-state index contributed by atoms with van der Waals surface area (Å²) >= 11 is 0. The molecule has 0 unspecified atom stereocenters. The molecule has 4 nitrogen and oxygen atoms in total. The van der Waals surface area contributed by atoms with E-state index in [0.29, 0.717) is 13.1 Å². The fraction of sp³-hybridized carbons (Fsp3) is 0.562. The molecule has 0 radical (unpaired) electrons. The van der Waals surface area contributed by atoms with Crippen molar-refractivity contribution in [2.75, 3.05) is 33.7 Å². The first-order valence-electron chi connectivity index (χ1n) is 7.27. The van der Waals surface area contributed by atoms with Gasteiger partial charge in [0.2, 0.25) is 5.91 Å². The van der Waals surface area contributed by atoms with Crippen LogP contribution in [0, 0.1) is 0 Å². The Morgan fingerprint density at radius 1 is 1.15 bits per heavy atom. The number of nitrogens with two attached hydrogens (primary N) is 1. The summed E-state index contributed by atoms with van der Waals surface area (Å²) in [4.78, 5) is 15.8. The molecule has 1 aromatic carbocycles. The monoisotopic (exact) mass is 277 g/mol. The minimum Gasteiger partial charge on any atom is -0.345 e. The highest BCUT2D eigenvalue weighted by molar-refractivity contribution is 5.77. The molecule has 4 heteroatoms. The van der Waals surface area contributed by atoms with E-state index in [1.165, 1.54) is 11.1 Å². The maximum absolute atomic E-state index is 12.0. The van der Waals surface area contributed by atoms with Gasteiger partial charge in [-0.3, -0.25) is 9.69 Å². The molecule has 1 amide bonds. The van der Waals surface area contributed by atoms with Gasteiger partial charge in [0.1, 0.15) is 0 Å². The highest BCUT2D eigenvalue weighted by Crippen LogP contribution is 2.07. The molecule has 2 N–H and O–H groups in total. The van der Waals surface area contributed by atoms with E-state index in [4.69, 9.17) is 5.73 Å². The van der Waals surface area contributed by atoms with Crippen molar-refractivity contribution < 1.29 is 4.79 Å². The van der Waals surface area contributed by atoms with Crippen LogP contribution in [-0.4, -0.2) is 49.4 Å². The Morgan fingerprint density at radius 2 is 1.75 bits per heavy atom. The molecule has 0 aliphatic rings. The lowest BCUT2D eigenvalue weighted by Gasteiger charge is -2.21. The van der Waals surface area contributed by atoms with Crippen LogP contribution in [0.3, 0.4) is 0 Å². The average Bonchev–Trinajstić information content (AvgIpc) is 2.45. The third-order valence-electron chi connectivity index (χ3n) is 3.41. The minimum atomic E-state index is 0.145. The lowest BCUT2D eigenvalue weighted by atomic mass is 10.1. The van der Waals surface area contributed by atoms with Crippen molar-refractivity contribution in [3.63, 3.8) is 0 Å². The standard InChI is InChI=1S/C16H27N3O/c1-4-14-6-8-15(9-7-14)12-18(2)13-16(20)19(3)11-5-10-17/h6-9H,4-5,10-13,17H2,1-3H3. The number of aryl methyl sites for hydroxylation is 1. The average molecular weight is 277 g/mol. The van der Waals surface area contributed by atoms with E-state index in [2.05, 4.69) is 31.2 Å². The molecule has 20 heavy (non-hydrogen) atoms. The Bertz CT molecular complexity index is 403. The summed E-state index contributed by atoms with van der Waals surface area (Å²) in [6.45, 7) is 4.74. The molecule has 1 aromatic rings. The predicted octanol–water partition coefficient (Wildman–Crippen LogP) is 1.49. The van der Waals surface area contributed by atoms with Crippen LogP contribution in [0.5, 0.6) is 0 Å². The lowest BCUT2D eigenvalue weighted by molar-refractivity contribution is -0.130. The van der Waals surface area contributed by atoms with E-state index >= 15 is 0 Å². The van der Waals surface area contributed by atoms with Crippen LogP contribution in [0.1, 0.15) is 24.5 Å². The number of likely N-dealkylation sites (N-methyl/N-ethyl adjacent to an activating group) is 2. The maximum Gasteiger partial charge on any atom is 0.236 e. The zero-order chi connectivity index (χ0) is 15.0. The molecule has 0 aromatic heterocycles. The fourth-order valence-corrected chi connectivity index (χ4v) is 2.05. The quantitative estimate of drug-likeness (QED) is 0.783. The molecule has 0 atom stereocenters. The second kappa shape index (κ2) is 8.72. The van der Waals surface area contributed by atoms with Crippen molar-refractivity contribution in [2.24, 2.45) is 5.73 Å². The first kappa shape index (κ1) is 16.7. The molecular weight excluding hydrogens is 250 g/mol. The summed E-state index contributed by atoms with van der Waals surface area (Å²) in [5, 5.41) is 0. The third kappa shape index (κ3) is 5.72. The number of carbonyl (C=O) groups is 1. The predicted molar refractivity (Wildman–Crippen MR) is 83.5 cm³/mol. The highest BCUT2D eigenvalue weighted by Gasteiger charge is 2.11. The summed E-state index contributed by atoms with van der Waals surface area (Å²) in [6, 6.07) is 8.58. The number of nitrogens with zero attached hydrogens (tertiary/aromatic N) is 2. The van der Waals surface area contributed by atoms with E-state index in [1.54, 1.807) is 4.90 Å². The van der Waals surface area contributed by atoms with Gasteiger partial charge in [0.15, 0.2) is 0 Å². The second-order valence-electron chi connectivity index (χ2n) is 5.30. The third-order valence-corrected chi connectivity index (χ3v) is 3.41. The van der Waals surface area contributed by atoms with Gasteiger partial charge in [-0.05, 0) is 37.6 Å². The Hall–Kier alpha value is -1.39. The van der Waals surface area contributed by atoms with E-state index in [9.17, 15) is 4.79 Å². The number of benzene rings is 1. The van der Waals surface area contributed by atoms with Crippen LogP contribution in [0.15, 0.2) is 24.3 Å². The zero-order valence-corrected chi connectivity index (χ0v) is 12.9. The molecular formula is C16H27N3O. The summed E-state index contributed by atoms with van der Waals surface area (Å²) in [6.07, 6.45) is 1.91. The Labute approximate surface area is 122 Å². The van der Waals surface area contributed by atoms with Crippen LogP contribution in [0.25, 0.3) is 0 Å². The largest absolute Gasteiger partial charge is 0.345 e. The van der Waals surface area contributed by atoms with Crippen molar-refractivity contribution in [1.82, 2.24) is 9.80 Å².